The second-order valence-corrected chi connectivity index (χ2v) is 6.58. The number of nitrogen functional groups attached to an aromatic ring is 1. The van der Waals surface area contributed by atoms with Gasteiger partial charge in [-0.15, -0.1) is 0 Å². The van der Waals surface area contributed by atoms with Crippen molar-refractivity contribution in [1.82, 2.24) is 4.90 Å². The molecule has 98 valence electrons. The number of fused-ring (bicyclic) bond motifs is 1. The summed E-state index contributed by atoms with van der Waals surface area (Å²) in [5, 5.41) is 0. The average molecular weight is 309 g/mol. The summed E-state index contributed by atoms with van der Waals surface area (Å²) in [7, 11) is 0. The van der Waals surface area contributed by atoms with Gasteiger partial charge in [-0.1, -0.05) is 18.9 Å². The lowest BCUT2D eigenvalue weighted by molar-refractivity contribution is 0.176. The summed E-state index contributed by atoms with van der Waals surface area (Å²) in [4.78, 5) is 2.68. The maximum Gasteiger partial charge on any atom is 0.0458 e. The molecule has 2 atom stereocenters. The molecule has 1 aliphatic carbocycles. The van der Waals surface area contributed by atoms with Gasteiger partial charge in [0.2, 0.25) is 0 Å². The van der Waals surface area contributed by atoms with E-state index in [9.17, 15) is 0 Å². The Bertz CT molecular complexity index is 433. The largest absolute Gasteiger partial charge is 0.398 e. The first-order chi connectivity index (χ1) is 8.74. The predicted molar refractivity (Wildman–Crippen MR) is 79.3 cm³/mol. The molecule has 3 heteroatoms. The Morgan fingerprint density at radius 2 is 2.06 bits per heavy atom. The maximum absolute atomic E-state index is 5.84. The van der Waals surface area contributed by atoms with Gasteiger partial charge >= 0.3 is 0 Å². The van der Waals surface area contributed by atoms with E-state index in [4.69, 9.17) is 5.73 Å². The number of halogens is 1. The molecule has 1 heterocycles. The van der Waals surface area contributed by atoms with Crippen LogP contribution in [0.3, 0.4) is 0 Å². The van der Waals surface area contributed by atoms with Crippen molar-refractivity contribution in [3.05, 3.63) is 28.2 Å². The topological polar surface area (TPSA) is 29.3 Å². The zero-order chi connectivity index (χ0) is 12.5. The first-order valence-electron chi connectivity index (χ1n) is 7.02. The van der Waals surface area contributed by atoms with Crippen molar-refractivity contribution in [3.63, 3.8) is 0 Å². The van der Waals surface area contributed by atoms with Crippen molar-refractivity contribution in [1.29, 1.82) is 0 Å². The van der Waals surface area contributed by atoms with Crippen LogP contribution in [-0.4, -0.2) is 17.5 Å². The number of likely N-dealkylation sites (tertiary alicyclic amines) is 1. The van der Waals surface area contributed by atoms with Crippen LogP contribution >= 0.6 is 15.9 Å². The van der Waals surface area contributed by atoms with Gasteiger partial charge in [-0.05, 0) is 65.4 Å². The molecule has 2 unspecified atom stereocenters. The Labute approximate surface area is 118 Å². The molecule has 0 amide bonds. The van der Waals surface area contributed by atoms with Crippen molar-refractivity contribution in [2.45, 2.75) is 44.7 Å². The lowest BCUT2D eigenvalue weighted by Gasteiger charge is -2.31. The van der Waals surface area contributed by atoms with E-state index in [1.807, 2.05) is 6.07 Å². The van der Waals surface area contributed by atoms with Crippen LogP contribution in [-0.2, 0) is 6.54 Å². The summed E-state index contributed by atoms with van der Waals surface area (Å²) < 4.78 is 1.03. The first-order valence-corrected chi connectivity index (χ1v) is 7.81. The van der Waals surface area contributed by atoms with Gasteiger partial charge in [-0.3, -0.25) is 4.90 Å². The van der Waals surface area contributed by atoms with Crippen LogP contribution in [0.4, 0.5) is 5.69 Å². The molecule has 1 aromatic rings. The number of rotatable bonds is 2. The molecule has 0 spiro atoms. The van der Waals surface area contributed by atoms with Crippen molar-refractivity contribution in [3.8, 4) is 0 Å². The summed E-state index contributed by atoms with van der Waals surface area (Å²) in [6.07, 6.45) is 7.12. The van der Waals surface area contributed by atoms with E-state index in [-0.39, 0.29) is 0 Å². The molecule has 2 nitrogen and oxygen atoms in total. The van der Waals surface area contributed by atoms with Gasteiger partial charge < -0.3 is 5.73 Å². The molecule has 2 fully saturated rings. The second kappa shape index (κ2) is 5.22. The summed E-state index contributed by atoms with van der Waals surface area (Å²) in [5.41, 5.74) is 8.05. The van der Waals surface area contributed by atoms with Crippen LogP contribution in [0.15, 0.2) is 22.7 Å². The Balaban J connectivity index is 1.70. The molecule has 0 bridgehead atoms. The van der Waals surface area contributed by atoms with Gasteiger partial charge in [0, 0.05) is 22.7 Å². The van der Waals surface area contributed by atoms with E-state index < -0.39 is 0 Å². The molecule has 1 saturated heterocycles. The fourth-order valence-corrected chi connectivity index (χ4v) is 4.03. The Hall–Kier alpha value is -0.540. The standard InChI is InChI=1S/C15H21BrN2/c16-13-9-11(5-6-14(13)17)10-18-8-7-12-3-1-2-4-15(12)18/h5-6,9,12,15H,1-4,7-8,10,17H2. The van der Waals surface area contributed by atoms with E-state index in [0.29, 0.717) is 0 Å². The fraction of sp³-hybridized carbons (Fsp3) is 0.600. The highest BCUT2D eigenvalue weighted by atomic mass is 79.9. The number of hydrogen-bond donors (Lipinski definition) is 1. The third kappa shape index (κ3) is 2.43. The van der Waals surface area contributed by atoms with E-state index in [1.54, 1.807) is 0 Å². The van der Waals surface area contributed by atoms with Crippen LogP contribution in [0.2, 0.25) is 0 Å². The summed E-state index contributed by atoms with van der Waals surface area (Å²) in [6.45, 7) is 2.36. The van der Waals surface area contributed by atoms with E-state index in [1.165, 1.54) is 44.2 Å². The van der Waals surface area contributed by atoms with E-state index in [0.717, 1.165) is 28.7 Å². The molecule has 2 N–H and O–H groups in total. The van der Waals surface area contributed by atoms with Gasteiger partial charge in [-0.2, -0.15) is 0 Å². The lowest BCUT2D eigenvalue weighted by Crippen LogP contribution is -2.34. The third-order valence-corrected chi connectivity index (χ3v) is 5.26. The van der Waals surface area contributed by atoms with Crippen molar-refractivity contribution in [2.24, 2.45) is 5.92 Å². The zero-order valence-electron chi connectivity index (χ0n) is 10.7. The zero-order valence-corrected chi connectivity index (χ0v) is 12.3. The van der Waals surface area contributed by atoms with Crippen LogP contribution in [0.5, 0.6) is 0 Å². The normalized spacial score (nSPS) is 28.3. The lowest BCUT2D eigenvalue weighted by atomic mass is 9.85. The van der Waals surface area contributed by atoms with Crippen LogP contribution in [0.25, 0.3) is 0 Å². The van der Waals surface area contributed by atoms with Crippen LogP contribution in [0.1, 0.15) is 37.7 Å². The molecule has 18 heavy (non-hydrogen) atoms. The van der Waals surface area contributed by atoms with Gasteiger partial charge in [0.25, 0.3) is 0 Å². The highest BCUT2D eigenvalue weighted by Gasteiger charge is 2.35. The Kier molecular flexibility index (Phi) is 3.62. The Morgan fingerprint density at radius 3 is 2.89 bits per heavy atom. The van der Waals surface area contributed by atoms with Crippen LogP contribution in [0, 0.1) is 5.92 Å². The van der Waals surface area contributed by atoms with Crippen molar-refractivity contribution < 1.29 is 0 Å². The fourth-order valence-electron chi connectivity index (χ4n) is 3.60. The minimum absolute atomic E-state index is 0.829. The summed E-state index contributed by atoms with van der Waals surface area (Å²) in [5.74, 6) is 0.968. The minimum Gasteiger partial charge on any atom is -0.398 e. The number of anilines is 1. The molecule has 1 saturated carbocycles. The third-order valence-electron chi connectivity index (χ3n) is 4.58. The Morgan fingerprint density at radius 1 is 1.22 bits per heavy atom. The predicted octanol–water partition coefficient (Wildman–Crippen LogP) is 3.80. The highest BCUT2D eigenvalue weighted by Crippen LogP contribution is 2.37. The van der Waals surface area contributed by atoms with Crippen molar-refractivity contribution >= 4 is 21.6 Å². The molecule has 1 aliphatic heterocycles. The quantitative estimate of drug-likeness (QED) is 0.842. The van der Waals surface area contributed by atoms with E-state index >= 15 is 0 Å². The van der Waals surface area contributed by atoms with Gasteiger partial charge in [0.1, 0.15) is 0 Å². The number of hydrogen-bond acceptors (Lipinski definition) is 2. The molecule has 0 aromatic heterocycles. The highest BCUT2D eigenvalue weighted by molar-refractivity contribution is 9.10. The molecular formula is C15H21BrN2. The molecule has 1 aromatic carbocycles. The second-order valence-electron chi connectivity index (χ2n) is 5.73. The van der Waals surface area contributed by atoms with Gasteiger partial charge in [-0.25, -0.2) is 0 Å². The first kappa shape index (κ1) is 12.5. The number of benzene rings is 1. The smallest absolute Gasteiger partial charge is 0.0458 e. The summed E-state index contributed by atoms with van der Waals surface area (Å²) >= 11 is 3.52. The molecule has 0 radical (unpaired) electrons. The minimum atomic E-state index is 0.829. The monoisotopic (exact) mass is 308 g/mol. The SMILES string of the molecule is Nc1ccc(CN2CCC3CCCCC32)cc1Br. The molecular weight excluding hydrogens is 288 g/mol. The van der Waals surface area contributed by atoms with Crippen molar-refractivity contribution in [2.75, 3.05) is 12.3 Å². The summed E-state index contributed by atoms with van der Waals surface area (Å²) in [6, 6.07) is 7.19. The molecule has 2 aliphatic rings. The van der Waals surface area contributed by atoms with E-state index in [2.05, 4.69) is 33.0 Å². The van der Waals surface area contributed by atoms with Gasteiger partial charge in [0.15, 0.2) is 0 Å². The van der Waals surface area contributed by atoms with Gasteiger partial charge in [0.05, 0.1) is 0 Å². The maximum atomic E-state index is 5.84. The van der Waals surface area contributed by atoms with Crippen LogP contribution < -0.4 is 5.73 Å². The average Bonchev–Trinajstić information content (AvgIpc) is 2.78. The number of nitrogens with two attached hydrogens (primary N) is 1. The molecule has 3 rings (SSSR count). The number of nitrogens with zero attached hydrogens (tertiary/aromatic N) is 1.